The summed E-state index contributed by atoms with van der Waals surface area (Å²) in [6.07, 6.45) is 5.22. The summed E-state index contributed by atoms with van der Waals surface area (Å²) in [4.78, 5) is 23.4. The molecule has 0 radical (unpaired) electrons. The van der Waals surface area contributed by atoms with Crippen molar-refractivity contribution in [2.75, 3.05) is 6.54 Å². The van der Waals surface area contributed by atoms with Crippen LogP contribution in [-0.4, -0.2) is 24.5 Å². The Morgan fingerprint density at radius 3 is 2.50 bits per heavy atom. The SMILES string of the molecule is CC(C)[C@H]1CC[C@@H](C)C[C@@H]1OC(=O)CNC(=O)C1CC1. The van der Waals surface area contributed by atoms with Gasteiger partial charge in [0.2, 0.25) is 5.91 Å². The fourth-order valence-corrected chi connectivity index (χ4v) is 3.11. The summed E-state index contributed by atoms with van der Waals surface area (Å²) in [6.45, 7) is 6.62. The minimum absolute atomic E-state index is 0.000582. The predicted molar refractivity (Wildman–Crippen MR) is 77.0 cm³/mol. The molecule has 0 unspecified atom stereocenters. The Morgan fingerprint density at radius 2 is 1.90 bits per heavy atom. The first-order valence-electron chi connectivity index (χ1n) is 7.94. The second-order valence-electron chi connectivity index (χ2n) is 6.85. The number of amides is 1. The average molecular weight is 281 g/mol. The lowest BCUT2D eigenvalue weighted by atomic mass is 9.75. The first-order chi connectivity index (χ1) is 9.47. The Morgan fingerprint density at radius 1 is 1.20 bits per heavy atom. The maximum absolute atomic E-state index is 11.9. The Bertz CT molecular complexity index is 363. The van der Waals surface area contributed by atoms with Crippen LogP contribution in [0.5, 0.6) is 0 Å². The van der Waals surface area contributed by atoms with Gasteiger partial charge in [0.25, 0.3) is 0 Å². The molecule has 1 amide bonds. The lowest BCUT2D eigenvalue weighted by molar-refractivity contribution is -0.155. The average Bonchev–Trinajstić information content (AvgIpc) is 3.19. The summed E-state index contributed by atoms with van der Waals surface area (Å²) in [5.74, 6) is 1.45. The molecule has 20 heavy (non-hydrogen) atoms. The molecular weight excluding hydrogens is 254 g/mol. The van der Waals surface area contributed by atoms with E-state index in [0.29, 0.717) is 17.8 Å². The van der Waals surface area contributed by atoms with Crippen LogP contribution >= 0.6 is 0 Å². The monoisotopic (exact) mass is 281 g/mol. The summed E-state index contributed by atoms with van der Waals surface area (Å²) < 4.78 is 5.63. The Kier molecular flexibility index (Phi) is 5.06. The van der Waals surface area contributed by atoms with Crippen molar-refractivity contribution in [1.29, 1.82) is 0 Å². The lowest BCUT2D eigenvalue weighted by Gasteiger charge is -2.36. The molecule has 2 aliphatic rings. The van der Waals surface area contributed by atoms with Crippen LogP contribution in [-0.2, 0) is 14.3 Å². The van der Waals surface area contributed by atoms with E-state index in [1.54, 1.807) is 0 Å². The highest BCUT2D eigenvalue weighted by atomic mass is 16.5. The second kappa shape index (κ2) is 6.59. The third kappa shape index (κ3) is 4.22. The quantitative estimate of drug-likeness (QED) is 0.788. The summed E-state index contributed by atoms with van der Waals surface area (Å²) in [5.41, 5.74) is 0. The van der Waals surface area contributed by atoms with Gasteiger partial charge >= 0.3 is 5.97 Å². The van der Waals surface area contributed by atoms with E-state index in [9.17, 15) is 9.59 Å². The smallest absolute Gasteiger partial charge is 0.325 e. The van der Waals surface area contributed by atoms with Gasteiger partial charge in [-0.1, -0.05) is 27.2 Å². The van der Waals surface area contributed by atoms with Crippen LogP contribution in [0.3, 0.4) is 0 Å². The van der Waals surface area contributed by atoms with Gasteiger partial charge < -0.3 is 10.1 Å². The minimum Gasteiger partial charge on any atom is -0.461 e. The number of hydrogen-bond acceptors (Lipinski definition) is 3. The van der Waals surface area contributed by atoms with Gasteiger partial charge in [-0.3, -0.25) is 9.59 Å². The number of nitrogens with one attached hydrogen (secondary N) is 1. The lowest BCUT2D eigenvalue weighted by Crippen LogP contribution is -2.39. The number of esters is 1. The molecule has 114 valence electrons. The summed E-state index contributed by atoms with van der Waals surface area (Å²) in [6, 6.07) is 0. The van der Waals surface area contributed by atoms with Crippen molar-refractivity contribution in [1.82, 2.24) is 5.32 Å². The molecule has 0 aliphatic heterocycles. The van der Waals surface area contributed by atoms with Gasteiger partial charge in [0.15, 0.2) is 0 Å². The second-order valence-corrected chi connectivity index (χ2v) is 6.85. The number of ether oxygens (including phenoxy) is 1. The first kappa shape index (κ1) is 15.3. The third-order valence-corrected chi connectivity index (χ3v) is 4.60. The molecule has 2 saturated carbocycles. The number of rotatable bonds is 5. The third-order valence-electron chi connectivity index (χ3n) is 4.60. The van der Waals surface area contributed by atoms with Crippen molar-refractivity contribution in [2.45, 2.75) is 59.0 Å². The minimum atomic E-state index is -0.288. The van der Waals surface area contributed by atoms with E-state index < -0.39 is 0 Å². The Labute approximate surface area is 121 Å². The van der Waals surface area contributed by atoms with E-state index in [-0.39, 0.29) is 30.4 Å². The van der Waals surface area contributed by atoms with Crippen molar-refractivity contribution < 1.29 is 14.3 Å². The zero-order chi connectivity index (χ0) is 14.7. The highest BCUT2D eigenvalue weighted by molar-refractivity contribution is 5.84. The molecule has 0 saturated heterocycles. The molecular formula is C16H27NO3. The summed E-state index contributed by atoms with van der Waals surface area (Å²) in [7, 11) is 0. The van der Waals surface area contributed by atoms with E-state index in [2.05, 4.69) is 26.1 Å². The fourth-order valence-electron chi connectivity index (χ4n) is 3.11. The number of carbonyl (C=O) groups excluding carboxylic acids is 2. The molecule has 0 aromatic heterocycles. The number of carbonyl (C=O) groups is 2. The summed E-state index contributed by atoms with van der Waals surface area (Å²) in [5, 5.41) is 2.68. The van der Waals surface area contributed by atoms with Crippen LogP contribution in [0.15, 0.2) is 0 Å². The molecule has 2 aliphatic carbocycles. The van der Waals surface area contributed by atoms with Crippen LogP contribution in [0.4, 0.5) is 0 Å². The van der Waals surface area contributed by atoms with Crippen LogP contribution in [0.2, 0.25) is 0 Å². The molecule has 0 spiro atoms. The molecule has 1 N–H and O–H groups in total. The van der Waals surface area contributed by atoms with Crippen LogP contribution in [0, 0.1) is 23.7 Å². The topological polar surface area (TPSA) is 55.4 Å². The van der Waals surface area contributed by atoms with Crippen molar-refractivity contribution in [3.8, 4) is 0 Å². The zero-order valence-electron chi connectivity index (χ0n) is 12.9. The maximum atomic E-state index is 11.9. The van der Waals surface area contributed by atoms with Gasteiger partial charge in [0, 0.05) is 5.92 Å². The van der Waals surface area contributed by atoms with Crippen LogP contribution in [0.1, 0.15) is 52.9 Å². The van der Waals surface area contributed by atoms with Gasteiger partial charge in [-0.25, -0.2) is 0 Å². The van der Waals surface area contributed by atoms with E-state index in [1.807, 2.05) is 0 Å². The van der Waals surface area contributed by atoms with E-state index >= 15 is 0 Å². The molecule has 0 bridgehead atoms. The zero-order valence-corrected chi connectivity index (χ0v) is 12.9. The Hall–Kier alpha value is -1.06. The van der Waals surface area contributed by atoms with E-state index in [4.69, 9.17) is 4.74 Å². The van der Waals surface area contributed by atoms with Gasteiger partial charge in [-0.05, 0) is 43.4 Å². The predicted octanol–water partition coefficient (Wildman–Crippen LogP) is 2.52. The highest BCUT2D eigenvalue weighted by Crippen LogP contribution is 2.35. The fraction of sp³-hybridized carbons (Fsp3) is 0.875. The highest BCUT2D eigenvalue weighted by Gasteiger charge is 2.34. The molecule has 0 aromatic carbocycles. The van der Waals surface area contributed by atoms with Crippen molar-refractivity contribution in [3.05, 3.63) is 0 Å². The van der Waals surface area contributed by atoms with Gasteiger partial charge in [-0.2, -0.15) is 0 Å². The van der Waals surface area contributed by atoms with E-state index in [0.717, 1.165) is 25.7 Å². The standard InChI is InChI=1S/C16H27NO3/c1-10(2)13-7-4-11(3)8-14(13)20-15(18)9-17-16(19)12-5-6-12/h10-14H,4-9H2,1-3H3,(H,17,19)/t11-,13-,14+/m1/s1. The molecule has 2 fully saturated rings. The van der Waals surface area contributed by atoms with Gasteiger partial charge in [0.1, 0.15) is 12.6 Å². The normalized spacial score (nSPS) is 30.1. The maximum Gasteiger partial charge on any atom is 0.325 e. The van der Waals surface area contributed by atoms with Crippen molar-refractivity contribution in [2.24, 2.45) is 23.7 Å². The molecule has 2 rings (SSSR count). The van der Waals surface area contributed by atoms with Crippen LogP contribution < -0.4 is 5.32 Å². The number of hydrogen-bond donors (Lipinski definition) is 1. The summed E-state index contributed by atoms with van der Waals surface area (Å²) >= 11 is 0. The molecule has 3 atom stereocenters. The molecule has 4 heteroatoms. The van der Waals surface area contributed by atoms with Crippen molar-refractivity contribution in [3.63, 3.8) is 0 Å². The molecule has 0 aromatic rings. The van der Waals surface area contributed by atoms with Crippen LogP contribution in [0.25, 0.3) is 0 Å². The van der Waals surface area contributed by atoms with Gasteiger partial charge in [-0.15, -0.1) is 0 Å². The first-order valence-corrected chi connectivity index (χ1v) is 7.94. The molecule has 4 nitrogen and oxygen atoms in total. The largest absolute Gasteiger partial charge is 0.461 e. The van der Waals surface area contributed by atoms with Gasteiger partial charge in [0.05, 0.1) is 0 Å². The molecule has 0 heterocycles. The Balaban J connectivity index is 1.79. The van der Waals surface area contributed by atoms with E-state index in [1.165, 1.54) is 6.42 Å². The van der Waals surface area contributed by atoms with Crippen molar-refractivity contribution >= 4 is 11.9 Å².